The average Bonchev–Trinajstić information content (AvgIpc) is 3.05. The van der Waals surface area contributed by atoms with Gasteiger partial charge in [-0.05, 0) is 74.4 Å². The molecule has 6 nitrogen and oxygen atoms in total. The summed E-state index contributed by atoms with van der Waals surface area (Å²) in [5, 5.41) is 3.27. The highest BCUT2D eigenvalue weighted by atomic mass is 32.2. The molecule has 2 aromatic rings. The van der Waals surface area contributed by atoms with Crippen molar-refractivity contribution in [3.8, 4) is 0 Å². The van der Waals surface area contributed by atoms with Crippen LogP contribution in [0.2, 0.25) is 0 Å². The van der Waals surface area contributed by atoms with Crippen LogP contribution in [0.5, 0.6) is 0 Å². The third kappa shape index (κ3) is 5.30. The number of Topliss-reactive ketones (excluding diaryl/α,β-unsaturated/α-hetero) is 1. The maximum Gasteiger partial charge on any atom is 0.223 e. The van der Waals surface area contributed by atoms with Gasteiger partial charge in [0.2, 0.25) is 17.0 Å². The molecular weight excluding hydrogens is 403 g/mol. The summed E-state index contributed by atoms with van der Waals surface area (Å²) < 4.78 is 13.7. The molecule has 0 radical (unpaired) electrons. The van der Waals surface area contributed by atoms with Gasteiger partial charge in [0, 0.05) is 24.0 Å². The highest BCUT2D eigenvalue weighted by Crippen LogP contribution is 2.31. The average molecular weight is 427 g/mol. The predicted molar refractivity (Wildman–Crippen MR) is 114 cm³/mol. The topological polar surface area (TPSA) is 84.8 Å². The van der Waals surface area contributed by atoms with E-state index in [4.69, 9.17) is 0 Å². The summed E-state index contributed by atoms with van der Waals surface area (Å²) in [5.74, 6) is 0.610. The molecule has 2 aromatic heterocycles. The molecule has 0 bridgehead atoms. The van der Waals surface area contributed by atoms with E-state index in [9.17, 15) is 14.0 Å². The Hall–Kier alpha value is -2.61. The summed E-state index contributed by atoms with van der Waals surface area (Å²) >= 11 is 0.978. The van der Waals surface area contributed by atoms with Gasteiger partial charge in [0.15, 0.2) is 5.78 Å². The zero-order valence-electron chi connectivity index (χ0n) is 16.5. The molecule has 2 aliphatic rings. The molecule has 30 heavy (non-hydrogen) atoms. The van der Waals surface area contributed by atoms with E-state index < -0.39 is 0 Å². The summed E-state index contributed by atoms with van der Waals surface area (Å²) in [6, 6.07) is 5.61. The smallest absolute Gasteiger partial charge is 0.223 e. The van der Waals surface area contributed by atoms with Gasteiger partial charge in [-0.1, -0.05) is 6.07 Å². The first kappa shape index (κ1) is 20.7. The molecule has 0 unspecified atom stereocenters. The van der Waals surface area contributed by atoms with Crippen LogP contribution < -0.4 is 5.32 Å². The number of thioether (sulfide) groups is 1. The lowest BCUT2D eigenvalue weighted by molar-refractivity contribution is -0.119. The SMILES string of the molecule is O=C1CC(=O)/C(=C/c2ccnc(NC3CCC(CCc4cccnc4F)CC3)n2)S1. The Kier molecular flexibility index (Phi) is 6.52. The first-order valence-corrected chi connectivity index (χ1v) is 11.0. The molecule has 1 saturated carbocycles. The standard InChI is InChI=1S/C22H23FN4O2S/c23-21-15(2-1-10-24-21)6-3-14-4-7-16(8-5-14)26-22-25-11-9-17(27-22)12-19-18(28)13-20(29)30-19/h1-2,9-12,14,16H,3-8,13H2,(H,25,26,27)/b19-12-. The Morgan fingerprint density at radius 2 is 1.97 bits per heavy atom. The molecule has 4 rings (SSSR count). The van der Waals surface area contributed by atoms with Crippen molar-refractivity contribution in [3.63, 3.8) is 0 Å². The summed E-state index contributed by atoms with van der Waals surface area (Å²) in [6.45, 7) is 0. The van der Waals surface area contributed by atoms with E-state index in [1.54, 1.807) is 24.4 Å². The molecule has 0 atom stereocenters. The van der Waals surface area contributed by atoms with E-state index in [-0.39, 0.29) is 23.3 Å². The Balaban J connectivity index is 1.28. The van der Waals surface area contributed by atoms with Crippen molar-refractivity contribution >= 4 is 34.7 Å². The number of pyridine rings is 1. The first-order chi connectivity index (χ1) is 14.6. The van der Waals surface area contributed by atoms with Gasteiger partial charge in [0.25, 0.3) is 0 Å². The summed E-state index contributed by atoms with van der Waals surface area (Å²) in [4.78, 5) is 36.1. The number of hydrogen-bond donors (Lipinski definition) is 1. The van der Waals surface area contributed by atoms with Gasteiger partial charge >= 0.3 is 0 Å². The summed E-state index contributed by atoms with van der Waals surface area (Å²) in [6.07, 6.45) is 10.6. The van der Waals surface area contributed by atoms with Gasteiger partial charge in [-0.2, -0.15) is 4.39 Å². The minimum atomic E-state index is -0.359. The normalized spacial score (nSPS) is 23.2. The predicted octanol–water partition coefficient (Wildman–Crippen LogP) is 4.19. The zero-order chi connectivity index (χ0) is 20.9. The van der Waals surface area contributed by atoms with Crippen LogP contribution >= 0.6 is 11.8 Å². The highest BCUT2D eigenvalue weighted by molar-refractivity contribution is 8.18. The number of allylic oxidation sites excluding steroid dienone is 1. The van der Waals surface area contributed by atoms with Crippen molar-refractivity contribution in [2.75, 3.05) is 5.32 Å². The largest absolute Gasteiger partial charge is 0.351 e. The van der Waals surface area contributed by atoms with E-state index >= 15 is 0 Å². The fourth-order valence-corrected chi connectivity index (χ4v) is 4.76. The number of ketones is 1. The van der Waals surface area contributed by atoms with Crippen LogP contribution in [0.25, 0.3) is 6.08 Å². The van der Waals surface area contributed by atoms with Crippen LogP contribution in [0.1, 0.15) is 49.8 Å². The minimum Gasteiger partial charge on any atom is -0.351 e. The number of anilines is 1. The maximum atomic E-state index is 13.7. The third-order valence-electron chi connectivity index (χ3n) is 5.60. The van der Waals surface area contributed by atoms with E-state index in [2.05, 4.69) is 20.3 Å². The zero-order valence-corrected chi connectivity index (χ0v) is 17.3. The quantitative estimate of drug-likeness (QED) is 0.421. The molecule has 0 spiro atoms. The lowest BCUT2D eigenvalue weighted by atomic mass is 9.83. The van der Waals surface area contributed by atoms with Gasteiger partial charge < -0.3 is 5.32 Å². The van der Waals surface area contributed by atoms with Crippen molar-refractivity contribution in [3.05, 3.63) is 52.7 Å². The Morgan fingerprint density at radius 3 is 2.70 bits per heavy atom. The Morgan fingerprint density at radius 1 is 1.13 bits per heavy atom. The molecule has 1 saturated heterocycles. The van der Waals surface area contributed by atoms with Gasteiger partial charge in [0.05, 0.1) is 17.0 Å². The molecule has 1 aliphatic carbocycles. The fraction of sp³-hybridized carbons (Fsp3) is 0.409. The molecular formula is C22H23FN4O2S. The number of hydrogen-bond acceptors (Lipinski definition) is 7. The molecule has 1 aliphatic heterocycles. The van der Waals surface area contributed by atoms with E-state index in [0.29, 0.717) is 34.1 Å². The monoisotopic (exact) mass is 426 g/mol. The van der Waals surface area contributed by atoms with E-state index in [0.717, 1.165) is 50.3 Å². The Labute approximate surface area is 178 Å². The summed E-state index contributed by atoms with van der Waals surface area (Å²) in [7, 11) is 0. The van der Waals surface area contributed by atoms with Crippen molar-refractivity contribution in [2.45, 2.75) is 51.0 Å². The highest BCUT2D eigenvalue weighted by Gasteiger charge is 2.26. The number of nitrogens with one attached hydrogen (secondary N) is 1. The molecule has 3 heterocycles. The number of aryl methyl sites for hydroxylation is 1. The number of rotatable bonds is 6. The van der Waals surface area contributed by atoms with Gasteiger partial charge in [-0.25, -0.2) is 15.0 Å². The molecule has 2 fully saturated rings. The second kappa shape index (κ2) is 9.47. The fourth-order valence-electron chi connectivity index (χ4n) is 3.94. The van der Waals surface area contributed by atoms with Crippen LogP contribution in [-0.4, -0.2) is 31.9 Å². The first-order valence-electron chi connectivity index (χ1n) is 10.2. The second-order valence-electron chi connectivity index (χ2n) is 7.74. The Bertz CT molecular complexity index is 973. The van der Waals surface area contributed by atoms with Crippen molar-refractivity contribution in [1.29, 1.82) is 0 Å². The lowest BCUT2D eigenvalue weighted by Gasteiger charge is -2.29. The maximum absolute atomic E-state index is 13.7. The number of aromatic nitrogens is 3. The van der Waals surface area contributed by atoms with Crippen LogP contribution in [0.4, 0.5) is 10.3 Å². The number of carbonyl (C=O) groups is 2. The van der Waals surface area contributed by atoms with Crippen LogP contribution in [0.15, 0.2) is 35.5 Å². The minimum absolute atomic E-state index is 0.0383. The molecule has 0 amide bonds. The molecule has 8 heteroatoms. The van der Waals surface area contributed by atoms with Crippen LogP contribution in [0, 0.1) is 11.9 Å². The van der Waals surface area contributed by atoms with Crippen LogP contribution in [0.3, 0.4) is 0 Å². The van der Waals surface area contributed by atoms with Crippen molar-refractivity contribution in [1.82, 2.24) is 15.0 Å². The van der Waals surface area contributed by atoms with Gasteiger partial charge in [-0.3, -0.25) is 9.59 Å². The molecule has 156 valence electrons. The van der Waals surface area contributed by atoms with Gasteiger partial charge in [-0.15, -0.1) is 0 Å². The van der Waals surface area contributed by atoms with Crippen molar-refractivity contribution in [2.24, 2.45) is 5.92 Å². The van der Waals surface area contributed by atoms with E-state index in [1.807, 2.05) is 6.07 Å². The number of nitrogens with zero attached hydrogens (tertiary/aromatic N) is 3. The molecule has 1 N–H and O–H groups in total. The summed E-state index contributed by atoms with van der Waals surface area (Å²) in [5.41, 5.74) is 1.31. The van der Waals surface area contributed by atoms with Gasteiger partial charge in [0.1, 0.15) is 0 Å². The van der Waals surface area contributed by atoms with E-state index in [1.165, 1.54) is 6.20 Å². The van der Waals surface area contributed by atoms with Crippen molar-refractivity contribution < 1.29 is 14.0 Å². The number of carbonyl (C=O) groups excluding carboxylic acids is 2. The van der Waals surface area contributed by atoms with Crippen LogP contribution in [-0.2, 0) is 16.0 Å². The molecule has 0 aromatic carbocycles. The second-order valence-corrected chi connectivity index (χ2v) is 8.84. The third-order valence-corrected chi connectivity index (χ3v) is 6.54. The lowest BCUT2D eigenvalue weighted by Crippen LogP contribution is -2.27. The number of halogens is 1.